The van der Waals surface area contributed by atoms with Gasteiger partial charge < -0.3 is 4.90 Å². The molecule has 0 aromatic heterocycles. The van der Waals surface area contributed by atoms with Crippen molar-refractivity contribution in [1.29, 1.82) is 0 Å². The molecule has 0 saturated carbocycles. The van der Waals surface area contributed by atoms with Gasteiger partial charge in [-0.15, -0.1) is 0 Å². The second-order valence-electron chi connectivity index (χ2n) is 12.7. The van der Waals surface area contributed by atoms with Crippen LogP contribution in [0.3, 0.4) is 0 Å². The van der Waals surface area contributed by atoms with E-state index in [-0.39, 0.29) is 58.8 Å². The van der Waals surface area contributed by atoms with Crippen LogP contribution in [-0.2, 0) is 0 Å². The molecule has 9 aromatic rings. The van der Waals surface area contributed by atoms with Gasteiger partial charge in [0.25, 0.3) is 0 Å². The zero-order valence-electron chi connectivity index (χ0n) is 36.7. The predicted octanol–water partition coefficient (Wildman–Crippen LogP) is 14.6. The normalized spacial score (nSPS) is 13.1. The number of rotatable bonds is 8. The second kappa shape index (κ2) is 14.3. The van der Waals surface area contributed by atoms with Crippen molar-refractivity contribution in [2.24, 2.45) is 0 Å². The predicted molar refractivity (Wildman–Crippen MR) is 226 cm³/mol. The van der Waals surface area contributed by atoms with E-state index in [2.05, 4.69) is 18.2 Å². The molecule has 0 amide bonds. The minimum atomic E-state index is -0.449. The molecule has 0 atom stereocenters. The summed E-state index contributed by atoms with van der Waals surface area (Å²) in [5.41, 5.74) is 7.02. The molecule has 9 rings (SSSR count). The summed E-state index contributed by atoms with van der Waals surface area (Å²) in [5.74, 6) is 0. The van der Waals surface area contributed by atoms with Crippen LogP contribution in [0.25, 0.3) is 66.4 Å². The van der Waals surface area contributed by atoms with Crippen LogP contribution in [-0.4, -0.2) is 0 Å². The van der Waals surface area contributed by atoms with Crippen molar-refractivity contribution in [3.63, 3.8) is 0 Å². The number of hydrogen-bond donors (Lipinski definition) is 0. The Morgan fingerprint density at radius 2 is 0.830 bits per heavy atom. The van der Waals surface area contributed by atoms with Gasteiger partial charge in [-0.25, -0.2) is 0 Å². The van der Waals surface area contributed by atoms with Crippen molar-refractivity contribution >= 4 is 27.8 Å². The molecule has 0 radical (unpaired) electrons. The van der Waals surface area contributed by atoms with Crippen LogP contribution in [0, 0.1) is 0 Å². The van der Waals surface area contributed by atoms with E-state index in [0.29, 0.717) is 16.8 Å². The van der Waals surface area contributed by atoms with Crippen molar-refractivity contribution in [3.8, 4) is 55.6 Å². The molecule has 0 spiro atoms. The summed E-state index contributed by atoms with van der Waals surface area (Å²) in [4.78, 5) is 1.39. The average Bonchev–Trinajstić information content (AvgIpc) is 3.31. The van der Waals surface area contributed by atoms with Gasteiger partial charge in [0.05, 0.1) is 11.0 Å². The molecule has 0 aliphatic heterocycles. The highest BCUT2D eigenvalue weighted by Gasteiger charge is 2.15. The Bertz CT molecular complexity index is 3080. The van der Waals surface area contributed by atoms with E-state index in [1.165, 1.54) is 4.90 Å². The first-order valence-electron chi connectivity index (χ1n) is 21.5. The molecule has 0 saturated heterocycles. The first kappa shape index (κ1) is 24.3. The van der Waals surface area contributed by atoms with Gasteiger partial charge in [0, 0.05) is 17.1 Å². The minimum absolute atomic E-state index is 0.112. The Hall–Kier alpha value is -6.96. The number of hydrogen-bond acceptors (Lipinski definition) is 1. The first-order chi connectivity index (χ1) is 29.6. The van der Waals surface area contributed by atoms with Crippen molar-refractivity contribution in [2.75, 3.05) is 4.90 Å². The summed E-state index contributed by atoms with van der Waals surface area (Å²) < 4.78 is 75.4. The maximum absolute atomic E-state index is 9.80. The van der Waals surface area contributed by atoms with Crippen LogP contribution in [0.4, 0.5) is 17.1 Å². The van der Waals surface area contributed by atoms with Gasteiger partial charge in [-0.3, -0.25) is 0 Å². The number of fused-ring (bicyclic) bond motifs is 1. The molecule has 0 bridgehead atoms. The average molecular weight is 684 g/mol. The Labute approximate surface area is 323 Å². The molecule has 9 aromatic carbocycles. The van der Waals surface area contributed by atoms with Gasteiger partial charge in [0.2, 0.25) is 0 Å². The number of nitrogens with zero attached hydrogens (tertiary/aromatic N) is 1. The molecule has 250 valence electrons. The highest BCUT2D eigenvalue weighted by atomic mass is 15.1. The lowest BCUT2D eigenvalue weighted by atomic mass is 9.97. The fourth-order valence-corrected chi connectivity index (χ4v) is 6.75. The van der Waals surface area contributed by atoms with Crippen molar-refractivity contribution in [1.82, 2.24) is 0 Å². The van der Waals surface area contributed by atoms with E-state index in [0.717, 1.165) is 44.2 Å². The molecule has 53 heavy (non-hydrogen) atoms. The van der Waals surface area contributed by atoms with Gasteiger partial charge in [0.1, 0.15) is 0 Å². The SMILES string of the molecule is [2H]c1c([2H])c(-c2cccc3ccccc23)c([2H])c(N(c2ccc(-c3cccc(-c4ccccc4)c3)cc2)c2c([2H])c([2H])c(-c3cccc(-c4ccccc4)c3)c([2H])c2[2H])c1[2H]. The molecule has 0 N–H and O–H groups in total. The lowest BCUT2D eigenvalue weighted by molar-refractivity contribution is 1.28. The van der Waals surface area contributed by atoms with Gasteiger partial charge >= 0.3 is 0 Å². The Kier molecular flexibility index (Phi) is 6.57. The topological polar surface area (TPSA) is 3.24 Å². The van der Waals surface area contributed by atoms with Gasteiger partial charge in [-0.2, -0.15) is 0 Å². The fourth-order valence-electron chi connectivity index (χ4n) is 6.75. The molecular formula is C52H37N. The van der Waals surface area contributed by atoms with Crippen LogP contribution in [0.1, 0.15) is 11.0 Å². The van der Waals surface area contributed by atoms with Crippen molar-refractivity contribution in [3.05, 3.63) is 224 Å². The van der Waals surface area contributed by atoms with Crippen LogP contribution in [0.15, 0.2) is 224 Å². The largest absolute Gasteiger partial charge is 0.310 e. The summed E-state index contributed by atoms with van der Waals surface area (Å²) in [6.45, 7) is 0. The summed E-state index contributed by atoms with van der Waals surface area (Å²) >= 11 is 0. The lowest BCUT2D eigenvalue weighted by Gasteiger charge is -2.26. The van der Waals surface area contributed by atoms with Gasteiger partial charge in [-0.05, 0) is 115 Å². The Morgan fingerprint density at radius 3 is 1.47 bits per heavy atom. The molecule has 0 aliphatic rings. The summed E-state index contributed by atoms with van der Waals surface area (Å²) in [6, 6.07) is 52.9. The summed E-state index contributed by atoms with van der Waals surface area (Å²) in [5, 5.41) is 1.63. The Morgan fingerprint density at radius 1 is 0.321 bits per heavy atom. The van der Waals surface area contributed by atoms with E-state index in [1.807, 2.05) is 133 Å². The van der Waals surface area contributed by atoms with Crippen LogP contribution in [0.2, 0.25) is 0 Å². The van der Waals surface area contributed by atoms with E-state index in [9.17, 15) is 8.22 Å². The third-order valence-electron chi connectivity index (χ3n) is 9.42. The number of anilines is 3. The lowest BCUT2D eigenvalue weighted by Crippen LogP contribution is -2.10. The smallest absolute Gasteiger partial charge is 0.0651 e. The molecule has 1 nitrogen and oxygen atoms in total. The second-order valence-corrected chi connectivity index (χ2v) is 12.7. The van der Waals surface area contributed by atoms with E-state index in [4.69, 9.17) is 2.74 Å². The van der Waals surface area contributed by atoms with Gasteiger partial charge in [0.15, 0.2) is 0 Å². The maximum atomic E-state index is 9.80. The maximum Gasteiger partial charge on any atom is 0.0651 e. The molecule has 0 heterocycles. The zero-order valence-corrected chi connectivity index (χ0v) is 28.7. The van der Waals surface area contributed by atoms with Crippen molar-refractivity contribution < 1.29 is 11.0 Å². The van der Waals surface area contributed by atoms with Crippen molar-refractivity contribution in [2.45, 2.75) is 0 Å². The molecule has 0 aliphatic carbocycles. The number of benzene rings is 9. The highest BCUT2D eigenvalue weighted by Crippen LogP contribution is 2.40. The third kappa shape index (κ3) is 6.65. The first-order valence-corrected chi connectivity index (χ1v) is 17.5. The quantitative estimate of drug-likeness (QED) is 0.154. The van der Waals surface area contributed by atoms with E-state index in [1.54, 1.807) is 24.3 Å². The molecule has 1 heteroatoms. The van der Waals surface area contributed by atoms with Crippen LogP contribution < -0.4 is 4.90 Å². The van der Waals surface area contributed by atoms with Gasteiger partial charge in [-0.1, -0.05) is 176 Å². The van der Waals surface area contributed by atoms with E-state index < -0.39 is 12.1 Å². The molecular weight excluding hydrogens is 639 g/mol. The monoisotopic (exact) mass is 683 g/mol. The summed E-state index contributed by atoms with van der Waals surface area (Å²) in [7, 11) is 0. The van der Waals surface area contributed by atoms with Crippen LogP contribution >= 0.6 is 0 Å². The minimum Gasteiger partial charge on any atom is -0.310 e. The fraction of sp³-hybridized carbons (Fsp3) is 0. The zero-order chi connectivity index (χ0) is 42.4. The molecule has 0 fully saturated rings. The summed E-state index contributed by atoms with van der Waals surface area (Å²) in [6.07, 6.45) is 0. The molecule has 0 unspecified atom stereocenters. The standard InChI is InChI=1S/C52H37N/c1-3-13-38(14-4-1)43-19-9-21-45(35-43)40-27-31-48(32-28-40)53(50-24-11-23-47(37-50)52-26-12-18-42-17-7-8-25-51(42)52)49-33-29-41(30-34-49)46-22-10-20-44(36-46)39-15-5-2-6-16-39/h1-37H/i11D,23D,24D,27D,28D,31D,32D,37D. The van der Waals surface area contributed by atoms with Crippen LogP contribution in [0.5, 0.6) is 0 Å². The third-order valence-corrected chi connectivity index (χ3v) is 9.42. The highest BCUT2D eigenvalue weighted by molar-refractivity contribution is 5.97. The van der Waals surface area contributed by atoms with E-state index >= 15 is 0 Å². The Balaban J connectivity index is 1.27.